The fourth-order valence-corrected chi connectivity index (χ4v) is 1.22. The summed E-state index contributed by atoms with van der Waals surface area (Å²) in [5, 5.41) is 20.7. The minimum absolute atomic E-state index is 0.0894. The molecule has 0 saturated heterocycles. The van der Waals surface area contributed by atoms with Gasteiger partial charge in [-0.25, -0.2) is 0 Å². The molecule has 1 aromatic rings. The van der Waals surface area contributed by atoms with Crippen molar-refractivity contribution in [1.82, 2.24) is 5.32 Å². The van der Waals surface area contributed by atoms with Gasteiger partial charge in [-0.2, -0.15) is 5.26 Å². The molecular weight excluding hydrogens is 220 g/mol. The molecule has 0 aliphatic rings. The third-order valence-corrected chi connectivity index (χ3v) is 2.23. The summed E-state index contributed by atoms with van der Waals surface area (Å²) in [6, 6.07) is 6.40. The van der Waals surface area contributed by atoms with Crippen molar-refractivity contribution in [3.05, 3.63) is 23.8 Å². The van der Waals surface area contributed by atoms with E-state index >= 15 is 0 Å². The summed E-state index contributed by atoms with van der Waals surface area (Å²) in [6.07, 6.45) is 0. The Hall–Kier alpha value is -2.22. The molecule has 1 rings (SSSR count). The van der Waals surface area contributed by atoms with E-state index in [-0.39, 0.29) is 24.1 Å². The first-order valence-electron chi connectivity index (χ1n) is 5.13. The van der Waals surface area contributed by atoms with Gasteiger partial charge in [0.15, 0.2) is 11.5 Å². The Bertz CT molecular complexity index is 452. The van der Waals surface area contributed by atoms with E-state index in [9.17, 15) is 9.90 Å². The first-order valence-corrected chi connectivity index (χ1v) is 5.13. The highest BCUT2D eigenvalue weighted by atomic mass is 16.5. The number of nitrogens with zero attached hydrogens (tertiary/aromatic N) is 1. The number of amides is 1. The van der Waals surface area contributed by atoms with Crippen LogP contribution in [-0.2, 0) is 0 Å². The van der Waals surface area contributed by atoms with Gasteiger partial charge < -0.3 is 15.2 Å². The normalized spacial score (nSPS) is 11.4. The lowest BCUT2D eigenvalue weighted by Gasteiger charge is -2.08. The zero-order valence-corrected chi connectivity index (χ0v) is 9.73. The molecule has 5 nitrogen and oxygen atoms in total. The van der Waals surface area contributed by atoms with Crippen LogP contribution in [0.15, 0.2) is 18.2 Å². The fourth-order valence-electron chi connectivity index (χ4n) is 1.22. The van der Waals surface area contributed by atoms with Gasteiger partial charge in [-0.05, 0) is 25.1 Å². The molecule has 90 valence electrons. The van der Waals surface area contributed by atoms with Crippen LogP contribution in [0.1, 0.15) is 17.3 Å². The molecule has 0 heterocycles. The van der Waals surface area contributed by atoms with E-state index in [4.69, 9.17) is 10.00 Å². The van der Waals surface area contributed by atoms with Crippen LogP contribution in [0.4, 0.5) is 0 Å². The number of nitriles is 1. The van der Waals surface area contributed by atoms with Gasteiger partial charge in [0.25, 0.3) is 5.91 Å². The quantitative estimate of drug-likeness (QED) is 0.822. The lowest BCUT2D eigenvalue weighted by atomic mass is 10.1. The van der Waals surface area contributed by atoms with Crippen molar-refractivity contribution in [2.75, 3.05) is 13.7 Å². The number of aromatic hydroxyl groups is 1. The van der Waals surface area contributed by atoms with Gasteiger partial charge in [0.2, 0.25) is 0 Å². The Kier molecular flexibility index (Phi) is 4.35. The maximum absolute atomic E-state index is 11.6. The van der Waals surface area contributed by atoms with Crippen molar-refractivity contribution < 1.29 is 14.6 Å². The third kappa shape index (κ3) is 3.38. The minimum Gasteiger partial charge on any atom is -0.504 e. The summed E-state index contributed by atoms with van der Waals surface area (Å²) in [5.41, 5.74) is 0.327. The molecule has 2 N–H and O–H groups in total. The average Bonchev–Trinajstić information content (AvgIpc) is 2.35. The molecule has 0 bridgehead atoms. The highest BCUT2D eigenvalue weighted by molar-refractivity contribution is 5.94. The van der Waals surface area contributed by atoms with Gasteiger partial charge in [0.1, 0.15) is 0 Å². The summed E-state index contributed by atoms with van der Waals surface area (Å²) in [7, 11) is 1.43. The summed E-state index contributed by atoms with van der Waals surface area (Å²) in [6.45, 7) is 1.99. The van der Waals surface area contributed by atoms with Crippen molar-refractivity contribution in [1.29, 1.82) is 5.26 Å². The minimum atomic E-state index is -0.329. The maximum Gasteiger partial charge on any atom is 0.251 e. The largest absolute Gasteiger partial charge is 0.504 e. The number of benzene rings is 1. The molecule has 0 saturated carbocycles. The van der Waals surface area contributed by atoms with Crippen LogP contribution in [0, 0.1) is 17.2 Å². The Morgan fingerprint density at radius 1 is 1.65 bits per heavy atom. The second kappa shape index (κ2) is 5.75. The summed E-state index contributed by atoms with van der Waals surface area (Å²) in [5.74, 6) is -0.351. The molecule has 0 aromatic heterocycles. The van der Waals surface area contributed by atoms with Crippen LogP contribution in [0.25, 0.3) is 0 Å². The van der Waals surface area contributed by atoms with E-state index in [0.717, 1.165) is 0 Å². The SMILES string of the molecule is COc1ccc(C(=O)NCC(C)C#N)cc1O. The standard InChI is InChI=1S/C12H14N2O3/c1-8(6-13)7-14-12(16)9-3-4-11(17-2)10(15)5-9/h3-5,8,15H,7H2,1-2H3,(H,14,16). The van der Waals surface area contributed by atoms with Gasteiger partial charge in [-0.1, -0.05) is 0 Å². The van der Waals surface area contributed by atoms with Crippen molar-refractivity contribution in [3.63, 3.8) is 0 Å². The number of methoxy groups -OCH3 is 1. The van der Waals surface area contributed by atoms with E-state index in [1.807, 2.05) is 6.07 Å². The predicted octanol–water partition coefficient (Wildman–Crippen LogP) is 1.29. The number of nitrogens with one attached hydrogen (secondary N) is 1. The Balaban J connectivity index is 2.70. The number of phenols is 1. The van der Waals surface area contributed by atoms with E-state index in [2.05, 4.69) is 5.32 Å². The van der Waals surface area contributed by atoms with E-state index in [1.165, 1.54) is 19.2 Å². The van der Waals surface area contributed by atoms with Crippen LogP contribution in [0.3, 0.4) is 0 Å². The highest BCUT2D eigenvalue weighted by Crippen LogP contribution is 2.26. The Morgan fingerprint density at radius 3 is 2.88 bits per heavy atom. The average molecular weight is 234 g/mol. The number of hydrogen-bond acceptors (Lipinski definition) is 4. The number of hydrogen-bond donors (Lipinski definition) is 2. The smallest absolute Gasteiger partial charge is 0.251 e. The first-order chi connectivity index (χ1) is 8.08. The molecule has 5 heteroatoms. The zero-order valence-electron chi connectivity index (χ0n) is 9.73. The third-order valence-electron chi connectivity index (χ3n) is 2.23. The molecule has 0 aliphatic heterocycles. The zero-order chi connectivity index (χ0) is 12.8. The van der Waals surface area contributed by atoms with Crippen molar-refractivity contribution in [2.24, 2.45) is 5.92 Å². The number of rotatable bonds is 4. The monoisotopic (exact) mass is 234 g/mol. The molecule has 17 heavy (non-hydrogen) atoms. The predicted molar refractivity (Wildman–Crippen MR) is 61.8 cm³/mol. The van der Waals surface area contributed by atoms with Gasteiger partial charge in [-0.15, -0.1) is 0 Å². The summed E-state index contributed by atoms with van der Waals surface area (Å²) >= 11 is 0. The van der Waals surface area contributed by atoms with Crippen molar-refractivity contribution >= 4 is 5.91 Å². The van der Waals surface area contributed by atoms with Crippen LogP contribution in [-0.4, -0.2) is 24.7 Å². The fraction of sp³-hybridized carbons (Fsp3) is 0.333. The number of carbonyl (C=O) groups is 1. The maximum atomic E-state index is 11.6. The molecule has 1 amide bonds. The lowest BCUT2D eigenvalue weighted by Crippen LogP contribution is -2.27. The Morgan fingerprint density at radius 2 is 2.35 bits per heavy atom. The van der Waals surface area contributed by atoms with Gasteiger partial charge in [0, 0.05) is 12.1 Å². The van der Waals surface area contributed by atoms with Crippen LogP contribution < -0.4 is 10.1 Å². The van der Waals surface area contributed by atoms with Gasteiger partial charge in [-0.3, -0.25) is 4.79 Å². The lowest BCUT2D eigenvalue weighted by molar-refractivity contribution is 0.0950. The summed E-state index contributed by atoms with van der Waals surface area (Å²) < 4.78 is 4.87. The molecule has 1 atom stereocenters. The molecule has 0 spiro atoms. The van der Waals surface area contributed by atoms with Gasteiger partial charge in [0.05, 0.1) is 19.1 Å². The second-order valence-electron chi connectivity index (χ2n) is 3.63. The van der Waals surface area contributed by atoms with Crippen LogP contribution >= 0.6 is 0 Å². The van der Waals surface area contributed by atoms with Crippen LogP contribution in [0.5, 0.6) is 11.5 Å². The highest BCUT2D eigenvalue weighted by Gasteiger charge is 2.10. The van der Waals surface area contributed by atoms with Gasteiger partial charge >= 0.3 is 0 Å². The van der Waals surface area contributed by atoms with E-state index in [0.29, 0.717) is 11.3 Å². The first kappa shape index (κ1) is 12.8. The molecule has 0 fully saturated rings. The number of carbonyl (C=O) groups excluding carboxylic acids is 1. The molecule has 0 aliphatic carbocycles. The second-order valence-corrected chi connectivity index (χ2v) is 3.63. The molecule has 1 unspecified atom stereocenters. The number of ether oxygens (including phenoxy) is 1. The summed E-state index contributed by atoms with van der Waals surface area (Å²) in [4.78, 5) is 11.6. The van der Waals surface area contributed by atoms with Crippen molar-refractivity contribution in [3.8, 4) is 17.6 Å². The number of phenolic OH excluding ortho intramolecular Hbond substituents is 1. The van der Waals surface area contributed by atoms with Crippen molar-refractivity contribution in [2.45, 2.75) is 6.92 Å². The Labute approximate surface area is 99.6 Å². The topological polar surface area (TPSA) is 82.3 Å². The molecular formula is C12H14N2O3. The molecule has 1 aromatic carbocycles. The molecule has 0 radical (unpaired) electrons. The van der Waals surface area contributed by atoms with E-state index < -0.39 is 0 Å². The van der Waals surface area contributed by atoms with Crippen LogP contribution in [0.2, 0.25) is 0 Å². The van der Waals surface area contributed by atoms with E-state index in [1.54, 1.807) is 13.0 Å².